The molecule has 1 saturated heterocycles. The van der Waals surface area contributed by atoms with Crippen molar-refractivity contribution in [3.05, 3.63) is 23.9 Å². The number of nitrogens with one attached hydrogen (secondary N) is 1. The molecule has 1 aromatic rings. The molecule has 5 nitrogen and oxygen atoms in total. The largest absolute Gasteiger partial charge is 0.475 e. The van der Waals surface area contributed by atoms with Crippen molar-refractivity contribution in [2.45, 2.75) is 39.3 Å². The van der Waals surface area contributed by atoms with Crippen LogP contribution in [0.4, 0.5) is 4.79 Å². The van der Waals surface area contributed by atoms with E-state index in [-0.39, 0.29) is 12.1 Å². The van der Waals surface area contributed by atoms with Crippen LogP contribution in [0, 0.1) is 0 Å². The molecule has 0 saturated carbocycles. The maximum absolute atomic E-state index is 11.8. The minimum atomic E-state index is 0.0139. The minimum absolute atomic E-state index is 0.0139. The van der Waals surface area contributed by atoms with Gasteiger partial charge in [-0.05, 0) is 32.3 Å². The first-order chi connectivity index (χ1) is 9.15. The molecule has 2 rings (SSSR count). The second-order valence-corrected chi connectivity index (χ2v) is 5.02. The van der Waals surface area contributed by atoms with E-state index in [1.807, 2.05) is 30.9 Å². The Kier molecular flexibility index (Phi) is 4.60. The van der Waals surface area contributed by atoms with E-state index in [0.717, 1.165) is 31.5 Å². The summed E-state index contributed by atoms with van der Waals surface area (Å²) in [5.74, 6) is 0.615. The summed E-state index contributed by atoms with van der Waals surface area (Å²) in [6.45, 7) is 6.17. The summed E-state index contributed by atoms with van der Waals surface area (Å²) in [4.78, 5) is 17.9. The van der Waals surface area contributed by atoms with Crippen molar-refractivity contribution in [1.29, 1.82) is 0 Å². The van der Waals surface area contributed by atoms with Gasteiger partial charge >= 0.3 is 6.03 Å². The highest BCUT2D eigenvalue weighted by Crippen LogP contribution is 2.10. The van der Waals surface area contributed by atoms with Crippen LogP contribution in [-0.2, 0) is 6.54 Å². The van der Waals surface area contributed by atoms with E-state index in [9.17, 15) is 4.79 Å². The third-order valence-electron chi connectivity index (χ3n) is 2.99. The molecule has 1 fully saturated rings. The molecule has 0 radical (unpaired) electrons. The Balaban J connectivity index is 1.80. The van der Waals surface area contributed by atoms with Crippen molar-refractivity contribution in [2.24, 2.45) is 0 Å². The van der Waals surface area contributed by atoms with E-state index in [1.54, 1.807) is 6.20 Å². The monoisotopic (exact) mass is 263 g/mol. The highest BCUT2D eigenvalue weighted by molar-refractivity contribution is 5.74. The molecule has 19 heavy (non-hydrogen) atoms. The van der Waals surface area contributed by atoms with Crippen molar-refractivity contribution in [2.75, 3.05) is 13.1 Å². The number of ether oxygens (including phenoxy) is 1. The zero-order chi connectivity index (χ0) is 13.7. The molecular weight excluding hydrogens is 242 g/mol. The summed E-state index contributed by atoms with van der Waals surface area (Å²) in [5, 5.41) is 2.91. The number of urea groups is 1. The van der Waals surface area contributed by atoms with Gasteiger partial charge in [0, 0.05) is 31.9 Å². The fourth-order valence-corrected chi connectivity index (χ4v) is 2.04. The summed E-state index contributed by atoms with van der Waals surface area (Å²) in [5.41, 5.74) is 0.976. The molecule has 104 valence electrons. The van der Waals surface area contributed by atoms with Crippen LogP contribution in [0.15, 0.2) is 18.3 Å². The number of pyridine rings is 1. The Morgan fingerprint density at radius 2 is 2.16 bits per heavy atom. The molecular formula is C14H21N3O2. The average molecular weight is 263 g/mol. The molecule has 0 aromatic carbocycles. The van der Waals surface area contributed by atoms with Crippen LogP contribution < -0.4 is 10.1 Å². The third kappa shape index (κ3) is 4.12. The molecule has 0 unspecified atom stereocenters. The average Bonchev–Trinajstić information content (AvgIpc) is 2.91. The Hall–Kier alpha value is -1.78. The first kappa shape index (κ1) is 13.6. The van der Waals surface area contributed by atoms with Gasteiger partial charge in [0.2, 0.25) is 5.88 Å². The predicted molar refractivity (Wildman–Crippen MR) is 73.0 cm³/mol. The molecule has 1 N–H and O–H groups in total. The van der Waals surface area contributed by atoms with Gasteiger partial charge in [-0.2, -0.15) is 0 Å². The first-order valence-electron chi connectivity index (χ1n) is 6.79. The summed E-state index contributed by atoms with van der Waals surface area (Å²) in [7, 11) is 0. The quantitative estimate of drug-likeness (QED) is 0.905. The van der Waals surface area contributed by atoms with Gasteiger partial charge in [0.1, 0.15) is 0 Å². The zero-order valence-corrected chi connectivity index (χ0v) is 11.6. The Labute approximate surface area is 114 Å². The maximum atomic E-state index is 11.8. The van der Waals surface area contributed by atoms with E-state index < -0.39 is 0 Å². The van der Waals surface area contributed by atoms with Crippen molar-refractivity contribution in [3.8, 4) is 5.88 Å². The predicted octanol–water partition coefficient (Wildman–Crippen LogP) is 2.17. The molecule has 2 heterocycles. The number of nitrogens with zero attached hydrogens (tertiary/aromatic N) is 2. The van der Waals surface area contributed by atoms with Crippen LogP contribution in [0.2, 0.25) is 0 Å². The van der Waals surface area contributed by atoms with Crippen molar-refractivity contribution in [1.82, 2.24) is 15.2 Å². The van der Waals surface area contributed by atoms with Gasteiger partial charge in [-0.15, -0.1) is 0 Å². The summed E-state index contributed by atoms with van der Waals surface area (Å²) in [6.07, 6.45) is 4.07. The summed E-state index contributed by atoms with van der Waals surface area (Å²) >= 11 is 0. The second kappa shape index (κ2) is 6.41. The smallest absolute Gasteiger partial charge is 0.317 e. The van der Waals surface area contributed by atoms with Crippen LogP contribution in [0.1, 0.15) is 32.3 Å². The first-order valence-corrected chi connectivity index (χ1v) is 6.79. The van der Waals surface area contributed by atoms with Crippen LogP contribution >= 0.6 is 0 Å². The van der Waals surface area contributed by atoms with Gasteiger partial charge in [0.15, 0.2) is 0 Å². The fourth-order valence-electron chi connectivity index (χ4n) is 2.04. The van der Waals surface area contributed by atoms with Gasteiger partial charge in [-0.3, -0.25) is 0 Å². The molecule has 0 spiro atoms. The van der Waals surface area contributed by atoms with Crippen molar-refractivity contribution < 1.29 is 9.53 Å². The number of carbonyl (C=O) groups excluding carboxylic acids is 1. The topological polar surface area (TPSA) is 54.5 Å². The van der Waals surface area contributed by atoms with Crippen LogP contribution in [0.3, 0.4) is 0 Å². The summed E-state index contributed by atoms with van der Waals surface area (Å²) in [6, 6.07) is 3.77. The van der Waals surface area contributed by atoms with E-state index in [4.69, 9.17) is 4.74 Å². The number of hydrogen-bond acceptors (Lipinski definition) is 3. The number of hydrogen-bond donors (Lipinski definition) is 1. The molecule has 1 aliphatic rings. The molecule has 1 aliphatic heterocycles. The molecule has 2 amide bonds. The number of carbonyl (C=O) groups is 1. The molecule has 5 heteroatoms. The van der Waals surface area contributed by atoms with Crippen LogP contribution in [0.25, 0.3) is 0 Å². The molecule has 0 bridgehead atoms. The van der Waals surface area contributed by atoms with E-state index >= 15 is 0 Å². The van der Waals surface area contributed by atoms with E-state index in [1.165, 1.54) is 0 Å². The number of rotatable bonds is 4. The van der Waals surface area contributed by atoms with E-state index in [2.05, 4.69) is 10.3 Å². The highest BCUT2D eigenvalue weighted by atomic mass is 16.5. The lowest BCUT2D eigenvalue weighted by atomic mass is 10.3. The SMILES string of the molecule is CC(C)Oc1ccc(CNC(=O)N2CCCC2)cn1. The Bertz CT molecular complexity index is 411. The second-order valence-electron chi connectivity index (χ2n) is 5.02. The molecule has 1 aromatic heterocycles. The van der Waals surface area contributed by atoms with Gasteiger partial charge in [-0.25, -0.2) is 9.78 Å². The summed E-state index contributed by atoms with van der Waals surface area (Å²) < 4.78 is 5.47. The van der Waals surface area contributed by atoms with Crippen molar-refractivity contribution in [3.63, 3.8) is 0 Å². The normalized spacial score (nSPS) is 14.8. The lowest BCUT2D eigenvalue weighted by Gasteiger charge is -2.16. The standard InChI is InChI=1S/C14H21N3O2/c1-11(2)19-13-6-5-12(9-15-13)10-16-14(18)17-7-3-4-8-17/h5-6,9,11H,3-4,7-8,10H2,1-2H3,(H,16,18). The van der Waals surface area contributed by atoms with Gasteiger partial charge < -0.3 is 15.0 Å². The highest BCUT2D eigenvalue weighted by Gasteiger charge is 2.17. The van der Waals surface area contributed by atoms with Crippen molar-refractivity contribution >= 4 is 6.03 Å². The number of likely N-dealkylation sites (tertiary alicyclic amines) is 1. The number of amides is 2. The van der Waals surface area contributed by atoms with Crippen LogP contribution in [-0.4, -0.2) is 35.1 Å². The minimum Gasteiger partial charge on any atom is -0.475 e. The zero-order valence-electron chi connectivity index (χ0n) is 11.6. The van der Waals surface area contributed by atoms with Gasteiger partial charge in [0.25, 0.3) is 0 Å². The maximum Gasteiger partial charge on any atom is 0.317 e. The fraction of sp³-hybridized carbons (Fsp3) is 0.571. The lowest BCUT2D eigenvalue weighted by Crippen LogP contribution is -2.37. The Morgan fingerprint density at radius 1 is 1.42 bits per heavy atom. The molecule has 0 atom stereocenters. The van der Waals surface area contributed by atoms with Gasteiger partial charge in [-0.1, -0.05) is 6.07 Å². The third-order valence-corrected chi connectivity index (χ3v) is 2.99. The van der Waals surface area contributed by atoms with Gasteiger partial charge in [0.05, 0.1) is 6.10 Å². The van der Waals surface area contributed by atoms with Crippen LogP contribution in [0.5, 0.6) is 5.88 Å². The molecule has 0 aliphatic carbocycles. The number of aromatic nitrogens is 1. The Morgan fingerprint density at radius 3 is 2.74 bits per heavy atom. The lowest BCUT2D eigenvalue weighted by molar-refractivity contribution is 0.208. The van der Waals surface area contributed by atoms with E-state index in [0.29, 0.717) is 12.4 Å².